The van der Waals surface area contributed by atoms with Crippen LogP contribution in [0.4, 0.5) is 0 Å². The molecule has 0 fully saturated rings. The van der Waals surface area contributed by atoms with Gasteiger partial charge in [0, 0.05) is 18.3 Å². The predicted molar refractivity (Wildman–Crippen MR) is 71.3 cm³/mol. The van der Waals surface area contributed by atoms with E-state index in [9.17, 15) is 0 Å². The Kier molecular flexibility index (Phi) is 5.98. The molecule has 3 heteroatoms. The van der Waals surface area contributed by atoms with Gasteiger partial charge in [0.05, 0.1) is 6.61 Å². The second-order valence-electron chi connectivity index (χ2n) is 4.71. The molecule has 96 valence electrons. The molecule has 0 saturated heterocycles. The predicted octanol–water partition coefficient (Wildman–Crippen LogP) is 2.92. The zero-order chi connectivity index (χ0) is 12.7. The molecule has 0 aliphatic rings. The van der Waals surface area contributed by atoms with Gasteiger partial charge in [0.25, 0.3) is 0 Å². The van der Waals surface area contributed by atoms with Gasteiger partial charge < -0.3 is 10.1 Å². The lowest BCUT2D eigenvalue weighted by molar-refractivity contribution is 0.279. The van der Waals surface area contributed by atoms with Crippen molar-refractivity contribution in [2.75, 3.05) is 13.2 Å². The highest BCUT2D eigenvalue weighted by atomic mass is 16.5. The van der Waals surface area contributed by atoms with Crippen LogP contribution in [-0.4, -0.2) is 18.1 Å². The first-order chi connectivity index (χ1) is 8.13. The SMILES string of the molecule is CCNCc1ccc(OCCC(C)C)nc1C. The van der Waals surface area contributed by atoms with E-state index in [4.69, 9.17) is 4.74 Å². The van der Waals surface area contributed by atoms with Crippen LogP contribution in [-0.2, 0) is 6.54 Å². The Morgan fingerprint density at radius 3 is 2.71 bits per heavy atom. The molecule has 1 rings (SSSR count). The molecule has 0 aliphatic carbocycles. The molecule has 1 heterocycles. The molecular formula is C14H24N2O. The highest BCUT2D eigenvalue weighted by Gasteiger charge is 2.02. The van der Waals surface area contributed by atoms with E-state index < -0.39 is 0 Å². The van der Waals surface area contributed by atoms with Gasteiger partial charge in [0.15, 0.2) is 0 Å². The summed E-state index contributed by atoms with van der Waals surface area (Å²) in [5.74, 6) is 1.41. The van der Waals surface area contributed by atoms with Crippen molar-refractivity contribution in [1.29, 1.82) is 0 Å². The number of hydrogen-bond acceptors (Lipinski definition) is 3. The van der Waals surface area contributed by atoms with E-state index >= 15 is 0 Å². The number of pyridine rings is 1. The minimum Gasteiger partial charge on any atom is -0.478 e. The maximum atomic E-state index is 5.63. The zero-order valence-electron chi connectivity index (χ0n) is 11.4. The Labute approximate surface area is 105 Å². The van der Waals surface area contributed by atoms with Crippen LogP contribution in [0.3, 0.4) is 0 Å². The van der Waals surface area contributed by atoms with E-state index in [1.54, 1.807) is 0 Å². The van der Waals surface area contributed by atoms with Crippen LogP contribution in [0, 0.1) is 12.8 Å². The first-order valence-corrected chi connectivity index (χ1v) is 6.43. The fourth-order valence-electron chi connectivity index (χ4n) is 1.49. The molecule has 1 aromatic heterocycles. The number of hydrogen-bond donors (Lipinski definition) is 1. The molecule has 0 aliphatic heterocycles. The summed E-state index contributed by atoms with van der Waals surface area (Å²) in [7, 11) is 0. The first-order valence-electron chi connectivity index (χ1n) is 6.43. The number of nitrogens with one attached hydrogen (secondary N) is 1. The monoisotopic (exact) mass is 236 g/mol. The molecule has 0 amide bonds. The molecule has 3 nitrogen and oxygen atoms in total. The normalized spacial score (nSPS) is 10.9. The number of nitrogens with zero attached hydrogens (tertiary/aromatic N) is 1. The van der Waals surface area contributed by atoms with Gasteiger partial charge in [-0.15, -0.1) is 0 Å². The van der Waals surface area contributed by atoms with E-state index in [2.05, 4.69) is 37.1 Å². The van der Waals surface area contributed by atoms with Gasteiger partial charge in [0.2, 0.25) is 5.88 Å². The molecule has 1 aromatic rings. The lowest BCUT2D eigenvalue weighted by Gasteiger charge is -2.10. The third-order valence-corrected chi connectivity index (χ3v) is 2.68. The summed E-state index contributed by atoms with van der Waals surface area (Å²) >= 11 is 0. The highest BCUT2D eigenvalue weighted by molar-refractivity contribution is 5.24. The summed E-state index contributed by atoms with van der Waals surface area (Å²) in [5, 5.41) is 3.30. The Bertz CT molecular complexity index is 337. The van der Waals surface area contributed by atoms with E-state index in [1.807, 2.05) is 13.0 Å². The number of aromatic nitrogens is 1. The van der Waals surface area contributed by atoms with Crippen molar-refractivity contribution in [3.63, 3.8) is 0 Å². The molecule has 0 unspecified atom stereocenters. The average molecular weight is 236 g/mol. The number of ether oxygens (including phenoxy) is 1. The lowest BCUT2D eigenvalue weighted by Crippen LogP contribution is -2.13. The third-order valence-electron chi connectivity index (χ3n) is 2.68. The van der Waals surface area contributed by atoms with Gasteiger partial charge in [0.1, 0.15) is 0 Å². The summed E-state index contributed by atoms with van der Waals surface area (Å²) in [5.41, 5.74) is 2.29. The van der Waals surface area contributed by atoms with Gasteiger partial charge in [-0.05, 0) is 31.4 Å². The molecule has 0 spiro atoms. The van der Waals surface area contributed by atoms with Crippen molar-refractivity contribution in [2.24, 2.45) is 5.92 Å². The topological polar surface area (TPSA) is 34.1 Å². The Balaban J connectivity index is 2.50. The van der Waals surface area contributed by atoms with Crippen LogP contribution in [0.2, 0.25) is 0 Å². The van der Waals surface area contributed by atoms with Gasteiger partial charge in [-0.1, -0.05) is 26.8 Å². The van der Waals surface area contributed by atoms with Crippen LogP contribution >= 0.6 is 0 Å². The maximum Gasteiger partial charge on any atom is 0.213 e. The van der Waals surface area contributed by atoms with Gasteiger partial charge >= 0.3 is 0 Å². The lowest BCUT2D eigenvalue weighted by atomic mass is 10.1. The molecule has 17 heavy (non-hydrogen) atoms. The maximum absolute atomic E-state index is 5.63. The van der Waals surface area contributed by atoms with E-state index in [0.29, 0.717) is 5.92 Å². The molecule has 0 bridgehead atoms. The smallest absolute Gasteiger partial charge is 0.213 e. The molecule has 0 aromatic carbocycles. The molecule has 0 radical (unpaired) electrons. The molecular weight excluding hydrogens is 212 g/mol. The van der Waals surface area contributed by atoms with Crippen LogP contribution in [0.5, 0.6) is 5.88 Å². The van der Waals surface area contributed by atoms with Crippen LogP contribution < -0.4 is 10.1 Å². The number of aryl methyl sites for hydroxylation is 1. The summed E-state index contributed by atoms with van der Waals surface area (Å²) < 4.78 is 5.63. The van der Waals surface area contributed by atoms with E-state index in [0.717, 1.165) is 37.7 Å². The summed E-state index contributed by atoms with van der Waals surface area (Å²) in [4.78, 5) is 4.46. The van der Waals surface area contributed by atoms with Crippen molar-refractivity contribution < 1.29 is 4.74 Å². The third kappa shape index (κ3) is 5.18. The minimum atomic E-state index is 0.670. The number of rotatable bonds is 7. The van der Waals surface area contributed by atoms with E-state index in [1.165, 1.54) is 5.56 Å². The summed E-state index contributed by atoms with van der Waals surface area (Å²) in [6, 6.07) is 4.05. The van der Waals surface area contributed by atoms with Crippen LogP contribution in [0.25, 0.3) is 0 Å². The quantitative estimate of drug-likeness (QED) is 0.790. The van der Waals surface area contributed by atoms with E-state index in [-0.39, 0.29) is 0 Å². The summed E-state index contributed by atoms with van der Waals surface area (Å²) in [6.07, 6.45) is 1.07. The largest absolute Gasteiger partial charge is 0.478 e. The Morgan fingerprint density at radius 2 is 2.12 bits per heavy atom. The van der Waals surface area contributed by atoms with Crippen molar-refractivity contribution in [1.82, 2.24) is 10.3 Å². The standard InChI is InChI=1S/C14H24N2O/c1-5-15-10-13-6-7-14(16-12(13)4)17-9-8-11(2)3/h6-7,11,15H,5,8-10H2,1-4H3. The average Bonchev–Trinajstić information content (AvgIpc) is 2.27. The van der Waals surface area contributed by atoms with Crippen LogP contribution in [0.1, 0.15) is 38.4 Å². The second kappa shape index (κ2) is 7.28. The summed E-state index contributed by atoms with van der Waals surface area (Å²) in [6.45, 7) is 11.1. The molecule has 0 atom stereocenters. The van der Waals surface area contributed by atoms with Gasteiger partial charge in [-0.25, -0.2) is 4.98 Å². The fourth-order valence-corrected chi connectivity index (χ4v) is 1.49. The Morgan fingerprint density at radius 1 is 1.35 bits per heavy atom. The zero-order valence-corrected chi connectivity index (χ0v) is 11.4. The van der Waals surface area contributed by atoms with Crippen molar-refractivity contribution >= 4 is 0 Å². The molecule has 1 N–H and O–H groups in total. The second-order valence-corrected chi connectivity index (χ2v) is 4.71. The molecule has 0 saturated carbocycles. The first kappa shape index (κ1) is 14.0. The highest BCUT2D eigenvalue weighted by Crippen LogP contribution is 2.13. The van der Waals surface area contributed by atoms with Crippen molar-refractivity contribution in [3.8, 4) is 5.88 Å². The van der Waals surface area contributed by atoms with Gasteiger partial charge in [-0.3, -0.25) is 0 Å². The fraction of sp³-hybridized carbons (Fsp3) is 0.643. The Hall–Kier alpha value is -1.09. The van der Waals surface area contributed by atoms with Crippen LogP contribution in [0.15, 0.2) is 12.1 Å². The van der Waals surface area contributed by atoms with Crippen molar-refractivity contribution in [3.05, 3.63) is 23.4 Å². The van der Waals surface area contributed by atoms with Crippen molar-refractivity contribution in [2.45, 2.75) is 40.7 Å². The van der Waals surface area contributed by atoms with Gasteiger partial charge in [-0.2, -0.15) is 0 Å². The minimum absolute atomic E-state index is 0.670.